The van der Waals surface area contributed by atoms with Crippen molar-refractivity contribution in [3.63, 3.8) is 0 Å². The molecule has 1 aromatic heterocycles. The van der Waals surface area contributed by atoms with Crippen LogP contribution >= 0.6 is 12.2 Å². The second kappa shape index (κ2) is 10.5. The molecule has 3 aliphatic rings. The van der Waals surface area contributed by atoms with E-state index in [9.17, 15) is 0 Å². The lowest BCUT2D eigenvalue weighted by atomic mass is 10.0. The lowest BCUT2D eigenvalue weighted by Crippen LogP contribution is -2.42. The Hall–Kier alpha value is -1.71. The molecule has 0 amide bonds. The molecule has 0 unspecified atom stereocenters. The van der Waals surface area contributed by atoms with Gasteiger partial charge in [-0.05, 0) is 43.8 Å². The first-order chi connectivity index (χ1) is 14.7. The van der Waals surface area contributed by atoms with Gasteiger partial charge in [0.25, 0.3) is 0 Å². The van der Waals surface area contributed by atoms with Crippen LogP contribution in [-0.2, 0) is 4.74 Å². The van der Waals surface area contributed by atoms with E-state index in [4.69, 9.17) is 26.9 Å². The quantitative estimate of drug-likeness (QED) is 0.655. The average Bonchev–Trinajstić information content (AvgIpc) is 3.29. The molecule has 3 saturated heterocycles. The van der Waals surface area contributed by atoms with E-state index in [0.717, 1.165) is 77.2 Å². The van der Waals surface area contributed by atoms with Crippen LogP contribution < -0.4 is 20.4 Å². The molecule has 3 aliphatic heterocycles. The van der Waals surface area contributed by atoms with Crippen LogP contribution in [0.5, 0.6) is 0 Å². The molecule has 0 saturated carbocycles. The maximum Gasteiger partial charge on any atom is 0.232 e. The fraction of sp³-hybridized carbons (Fsp3) is 0.762. The standard InChI is InChI=1S/C21H35N7OS/c1-17-5-4-9-28(16-17)19-15-18(27-7-2-3-8-27)23-20(24-19)25-21(30)22-6-10-26-11-13-29-14-12-26/h15,17H,2-14,16H2,1H3,(H2,22,23,24,25,30)/t17-/m0/s1. The number of ether oxygens (including phenoxy) is 1. The van der Waals surface area contributed by atoms with Gasteiger partial charge in [-0.25, -0.2) is 0 Å². The summed E-state index contributed by atoms with van der Waals surface area (Å²) in [6.07, 6.45) is 4.96. The number of rotatable bonds is 6. The monoisotopic (exact) mass is 433 g/mol. The zero-order valence-corrected chi connectivity index (χ0v) is 18.9. The molecule has 4 heterocycles. The molecule has 0 bridgehead atoms. The van der Waals surface area contributed by atoms with Crippen LogP contribution in [-0.4, -0.2) is 85.6 Å². The van der Waals surface area contributed by atoms with Gasteiger partial charge < -0.3 is 25.2 Å². The Labute approximate surface area is 185 Å². The highest BCUT2D eigenvalue weighted by Crippen LogP contribution is 2.27. The van der Waals surface area contributed by atoms with Gasteiger partial charge in [0.1, 0.15) is 11.6 Å². The van der Waals surface area contributed by atoms with Crippen molar-refractivity contribution in [3.05, 3.63) is 6.07 Å². The third-order valence-corrected chi connectivity index (χ3v) is 6.40. The molecule has 0 radical (unpaired) electrons. The average molecular weight is 434 g/mol. The summed E-state index contributed by atoms with van der Waals surface area (Å²) in [5.41, 5.74) is 0. The SMILES string of the molecule is C[C@H]1CCCN(c2cc(N3CCCC3)nc(NC(=S)NCCN3CCOCC3)n2)C1. The highest BCUT2D eigenvalue weighted by molar-refractivity contribution is 7.80. The summed E-state index contributed by atoms with van der Waals surface area (Å²) in [5.74, 6) is 3.31. The molecule has 0 aliphatic carbocycles. The van der Waals surface area contributed by atoms with E-state index in [1.807, 2.05) is 0 Å². The van der Waals surface area contributed by atoms with E-state index >= 15 is 0 Å². The summed E-state index contributed by atoms with van der Waals surface area (Å²) in [6.45, 7) is 11.9. The van der Waals surface area contributed by atoms with Crippen LogP contribution in [0.3, 0.4) is 0 Å². The van der Waals surface area contributed by atoms with Gasteiger partial charge in [-0.3, -0.25) is 4.90 Å². The highest BCUT2D eigenvalue weighted by Gasteiger charge is 2.22. The predicted octanol–water partition coefficient (Wildman–Crippen LogP) is 1.93. The number of aromatic nitrogens is 2. The summed E-state index contributed by atoms with van der Waals surface area (Å²) in [5, 5.41) is 7.12. The minimum atomic E-state index is 0.583. The van der Waals surface area contributed by atoms with Crippen molar-refractivity contribution in [1.29, 1.82) is 0 Å². The van der Waals surface area contributed by atoms with E-state index in [-0.39, 0.29) is 0 Å². The Kier molecular flexibility index (Phi) is 7.57. The molecule has 8 nitrogen and oxygen atoms in total. The van der Waals surface area contributed by atoms with Gasteiger partial charge in [-0.15, -0.1) is 0 Å². The zero-order chi connectivity index (χ0) is 20.8. The minimum Gasteiger partial charge on any atom is -0.379 e. The van der Waals surface area contributed by atoms with Crippen LogP contribution in [0, 0.1) is 5.92 Å². The molecule has 0 aromatic carbocycles. The molecule has 4 rings (SSSR count). The third-order valence-electron chi connectivity index (χ3n) is 6.15. The van der Waals surface area contributed by atoms with Crippen LogP contribution in [0.25, 0.3) is 0 Å². The van der Waals surface area contributed by atoms with Crippen LogP contribution in [0.1, 0.15) is 32.6 Å². The number of thiocarbonyl (C=S) groups is 1. The number of anilines is 3. The molecule has 9 heteroatoms. The maximum absolute atomic E-state index is 5.53. The lowest BCUT2D eigenvalue weighted by molar-refractivity contribution is 0.0389. The first-order valence-electron chi connectivity index (χ1n) is 11.4. The van der Waals surface area contributed by atoms with E-state index in [2.05, 4.69) is 38.3 Å². The Morgan fingerprint density at radius 3 is 2.50 bits per heavy atom. The van der Waals surface area contributed by atoms with Gasteiger partial charge >= 0.3 is 0 Å². The molecular formula is C21H35N7OS. The van der Waals surface area contributed by atoms with Crippen molar-refractivity contribution in [2.24, 2.45) is 5.92 Å². The molecular weight excluding hydrogens is 398 g/mol. The van der Waals surface area contributed by atoms with Crippen molar-refractivity contribution in [2.45, 2.75) is 32.6 Å². The second-order valence-corrected chi connectivity index (χ2v) is 9.04. The largest absolute Gasteiger partial charge is 0.379 e. The van der Waals surface area contributed by atoms with Crippen LogP contribution in [0.15, 0.2) is 6.07 Å². The van der Waals surface area contributed by atoms with Crippen LogP contribution in [0.4, 0.5) is 17.6 Å². The predicted molar refractivity (Wildman–Crippen MR) is 126 cm³/mol. The Bertz CT molecular complexity index is 707. The molecule has 30 heavy (non-hydrogen) atoms. The van der Waals surface area contributed by atoms with Crippen molar-refractivity contribution < 1.29 is 4.74 Å². The minimum absolute atomic E-state index is 0.583. The summed E-state index contributed by atoms with van der Waals surface area (Å²) in [6, 6.07) is 2.16. The first-order valence-corrected chi connectivity index (χ1v) is 11.8. The van der Waals surface area contributed by atoms with Gasteiger partial charge in [0.2, 0.25) is 5.95 Å². The lowest BCUT2D eigenvalue weighted by Gasteiger charge is -2.32. The number of nitrogens with zero attached hydrogens (tertiary/aromatic N) is 5. The van der Waals surface area contributed by atoms with Crippen molar-refractivity contribution in [3.8, 4) is 0 Å². The molecule has 2 N–H and O–H groups in total. The van der Waals surface area contributed by atoms with Crippen molar-refractivity contribution in [1.82, 2.24) is 20.2 Å². The van der Waals surface area contributed by atoms with Gasteiger partial charge in [-0.2, -0.15) is 9.97 Å². The molecule has 1 aromatic rings. The van der Waals surface area contributed by atoms with Crippen molar-refractivity contribution >= 4 is 34.9 Å². The highest BCUT2D eigenvalue weighted by atomic mass is 32.1. The number of morpholine rings is 1. The third kappa shape index (κ3) is 5.92. The van der Waals surface area contributed by atoms with E-state index in [1.54, 1.807) is 0 Å². The summed E-state index contributed by atoms with van der Waals surface area (Å²) < 4.78 is 5.40. The number of hydrogen-bond acceptors (Lipinski definition) is 7. The zero-order valence-electron chi connectivity index (χ0n) is 18.1. The molecule has 0 spiro atoms. The van der Waals surface area contributed by atoms with Gasteiger partial charge in [0, 0.05) is 58.4 Å². The summed E-state index contributed by atoms with van der Waals surface area (Å²) >= 11 is 5.53. The van der Waals surface area contributed by atoms with E-state index in [0.29, 0.717) is 17.0 Å². The normalized spacial score (nSPS) is 22.9. The molecule has 3 fully saturated rings. The van der Waals surface area contributed by atoms with E-state index in [1.165, 1.54) is 25.7 Å². The Morgan fingerprint density at radius 2 is 1.77 bits per heavy atom. The smallest absolute Gasteiger partial charge is 0.232 e. The Morgan fingerprint density at radius 1 is 1.07 bits per heavy atom. The fourth-order valence-electron chi connectivity index (χ4n) is 4.44. The summed E-state index contributed by atoms with van der Waals surface area (Å²) in [7, 11) is 0. The summed E-state index contributed by atoms with van der Waals surface area (Å²) in [4.78, 5) is 16.8. The fourth-order valence-corrected chi connectivity index (χ4v) is 4.64. The topological polar surface area (TPSA) is 68.8 Å². The number of hydrogen-bond donors (Lipinski definition) is 2. The van der Waals surface area contributed by atoms with Crippen LogP contribution in [0.2, 0.25) is 0 Å². The Balaban J connectivity index is 1.39. The number of piperidine rings is 1. The molecule has 166 valence electrons. The molecule has 1 atom stereocenters. The second-order valence-electron chi connectivity index (χ2n) is 8.63. The van der Waals surface area contributed by atoms with Gasteiger partial charge in [0.05, 0.1) is 13.2 Å². The van der Waals surface area contributed by atoms with Gasteiger partial charge in [-0.1, -0.05) is 6.92 Å². The van der Waals surface area contributed by atoms with Gasteiger partial charge in [0.15, 0.2) is 5.11 Å². The maximum atomic E-state index is 5.53. The first kappa shape index (κ1) is 21.5. The van der Waals surface area contributed by atoms with Crippen molar-refractivity contribution in [2.75, 3.05) is 80.7 Å². The van der Waals surface area contributed by atoms with E-state index < -0.39 is 0 Å². The number of nitrogens with one attached hydrogen (secondary N) is 2.